The van der Waals surface area contributed by atoms with Gasteiger partial charge in [0.2, 0.25) is 0 Å². The first-order valence-corrected chi connectivity index (χ1v) is 9.60. The van der Waals surface area contributed by atoms with Crippen molar-refractivity contribution in [1.29, 1.82) is 0 Å². The normalized spacial score (nSPS) is 31.3. The summed E-state index contributed by atoms with van der Waals surface area (Å²) in [5.74, 6) is 1.92. The van der Waals surface area contributed by atoms with Crippen molar-refractivity contribution >= 4 is 11.7 Å². The number of anilines is 1. The number of amides is 1. The van der Waals surface area contributed by atoms with Crippen LogP contribution in [0.25, 0.3) is 0 Å². The number of furan rings is 1. The number of aryl methyl sites for hydroxylation is 2. The molecule has 2 aromatic rings. The maximum atomic E-state index is 12.4. The average molecular weight is 368 g/mol. The number of carbonyl (C=O) groups is 1. The van der Waals surface area contributed by atoms with E-state index in [1.54, 1.807) is 18.7 Å². The van der Waals surface area contributed by atoms with Crippen LogP contribution >= 0.6 is 0 Å². The third-order valence-electron chi connectivity index (χ3n) is 6.51. The number of nitrogens with one attached hydrogen (secondary N) is 1. The third-order valence-corrected chi connectivity index (χ3v) is 6.51. The van der Waals surface area contributed by atoms with Crippen molar-refractivity contribution in [3.63, 3.8) is 0 Å². The van der Waals surface area contributed by atoms with Crippen LogP contribution in [0.2, 0.25) is 0 Å². The van der Waals surface area contributed by atoms with E-state index in [1.165, 1.54) is 0 Å². The van der Waals surface area contributed by atoms with Gasteiger partial charge in [-0.15, -0.1) is 0 Å². The fourth-order valence-corrected chi connectivity index (χ4v) is 5.23. The van der Waals surface area contributed by atoms with E-state index >= 15 is 0 Å². The lowest BCUT2D eigenvalue weighted by Crippen LogP contribution is -2.41. The molecule has 0 radical (unpaired) electrons. The molecule has 3 fully saturated rings. The van der Waals surface area contributed by atoms with Crippen molar-refractivity contribution in [2.75, 3.05) is 24.5 Å². The van der Waals surface area contributed by atoms with Crippen LogP contribution in [0.1, 0.15) is 34.7 Å². The molecule has 4 atom stereocenters. The topological polar surface area (TPSA) is 80.5 Å². The van der Waals surface area contributed by atoms with E-state index in [9.17, 15) is 4.79 Å². The molecule has 1 amide bonds. The molecule has 7 heteroatoms. The van der Waals surface area contributed by atoms with Crippen molar-refractivity contribution in [1.82, 2.24) is 15.3 Å². The minimum atomic E-state index is -0.144. The third kappa shape index (κ3) is 2.56. The molecule has 5 heterocycles. The number of fused-ring (bicyclic) bond motifs is 1. The van der Waals surface area contributed by atoms with E-state index in [-0.39, 0.29) is 17.6 Å². The van der Waals surface area contributed by atoms with Gasteiger partial charge in [-0.25, -0.2) is 4.98 Å². The van der Waals surface area contributed by atoms with Crippen LogP contribution in [-0.2, 0) is 4.74 Å². The zero-order chi connectivity index (χ0) is 18.6. The van der Waals surface area contributed by atoms with E-state index in [0.717, 1.165) is 43.0 Å². The Bertz CT molecular complexity index is 882. The SMILES string of the molecule is Cc1ccoc1C(=O)NC[C@H]1[C@H]2CN(c3nccnc3C)C[C@]23CC[C@H]1O3. The van der Waals surface area contributed by atoms with Crippen molar-refractivity contribution in [2.24, 2.45) is 11.8 Å². The minimum Gasteiger partial charge on any atom is -0.459 e. The Hall–Kier alpha value is -2.41. The first-order chi connectivity index (χ1) is 13.1. The molecule has 5 rings (SSSR count). The second kappa shape index (κ2) is 6.05. The summed E-state index contributed by atoms with van der Waals surface area (Å²) in [6.07, 6.45) is 7.40. The van der Waals surface area contributed by atoms with Gasteiger partial charge in [0, 0.05) is 49.4 Å². The highest BCUT2D eigenvalue weighted by Gasteiger charge is 2.63. The Balaban J connectivity index is 1.32. The first-order valence-electron chi connectivity index (χ1n) is 9.60. The molecule has 1 N–H and O–H groups in total. The summed E-state index contributed by atoms with van der Waals surface area (Å²) >= 11 is 0. The number of rotatable bonds is 4. The largest absolute Gasteiger partial charge is 0.459 e. The predicted octanol–water partition coefficient (Wildman–Crippen LogP) is 2.10. The van der Waals surface area contributed by atoms with Gasteiger partial charge < -0.3 is 19.4 Å². The first kappa shape index (κ1) is 16.7. The van der Waals surface area contributed by atoms with Gasteiger partial charge in [-0.2, -0.15) is 0 Å². The van der Waals surface area contributed by atoms with Gasteiger partial charge in [-0.05, 0) is 32.8 Å². The molecule has 3 aliphatic heterocycles. The molecule has 3 saturated heterocycles. The molecule has 2 bridgehead atoms. The van der Waals surface area contributed by atoms with Crippen molar-refractivity contribution in [3.05, 3.63) is 41.7 Å². The van der Waals surface area contributed by atoms with Crippen LogP contribution in [0.5, 0.6) is 0 Å². The van der Waals surface area contributed by atoms with Crippen molar-refractivity contribution in [2.45, 2.75) is 38.4 Å². The van der Waals surface area contributed by atoms with Crippen LogP contribution in [-0.4, -0.2) is 47.2 Å². The number of hydrogen-bond donors (Lipinski definition) is 1. The highest BCUT2D eigenvalue weighted by molar-refractivity contribution is 5.92. The summed E-state index contributed by atoms with van der Waals surface area (Å²) in [4.78, 5) is 23.7. The fourth-order valence-electron chi connectivity index (χ4n) is 5.23. The smallest absolute Gasteiger partial charge is 0.287 e. The number of hydrogen-bond acceptors (Lipinski definition) is 6. The number of carbonyl (C=O) groups excluding carboxylic acids is 1. The minimum absolute atomic E-state index is 0.107. The highest BCUT2D eigenvalue weighted by Crippen LogP contribution is 2.55. The van der Waals surface area contributed by atoms with Gasteiger partial charge in [-0.1, -0.05) is 0 Å². The molecule has 0 unspecified atom stereocenters. The molecule has 0 aromatic carbocycles. The highest BCUT2D eigenvalue weighted by atomic mass is 16.5. The van der Waals surface area contributed by atoms with E-state index in [0.29, 0.717) is 24.1 Å². The van der Waals surface area contributed by atoms with Crippen LogP contribution in [0.4, 0.5) is 5.82 Å². The second-order valence-corrected chi connectivity index (χ2v) is 8.02. The molecule has 27 heavy (non-hydrogen) atoms. The molecule has 142 valence electrons. The van der Waals surface area contributed by atoms with Gasteiger partial charge in [0.25, 0.3) is 5.91 Å². The van der Waals surface area contributed by atoms with E-state index in [1.807, 2.05) is 19.9 Å². The molecule has 2 aromatic heterocycles. The Labute approximate surface area is 158 Å². The van der Waals surface area contributed by atoms with E-state index in [2.05, 4.69) is 20.2 Å². The number of aromatic nitrogens is 2. The lowest BCUT2D eigenvalue weighted by Gasteiger charge is -2.29. The Morgan fingerprint density at radius 2 is 2.22 bits per heavy atom. The van der Waals surface area contributed by atoms with Crippen LogP contribution in [0, 0.1) is 25.7 Å². The van der Waals surface area contributed by atoms with Crippen molar-refractivity contribution in [3.8, 4) is 0 Å². The van der Waals surface area contributed by atoms with Crippen LogP contribution < -0.4 is 10.2 Å². The molecule has 0 saturated carbocycles. The van der Waals surface area contributed by atoms with Gasteiger partial charge in [0.1, 0.15) is 5.82 Å². The van der Waals surface area contributed by atoms with Crippen LogP contribution in [0.3, 0.4) is 0 Å². The standard InChI is InChI=1S/C20H24N4O3/c1-12-4-8-26-17(12)19(25)23-9-14-15-10-24(18-13(2)21-6-7-22-18)11-20(15)5-3-16(14)27-20/h4,6-8,14-16H,3,5,9-11H2,1-2H3,(H,23,25)/t14-,15+,16+,20+/m0/s1. The van der Waals surface area contributed by atoms with E-state index in [4.69, 9.17) is 9.15 Å². The summed E-state index contributed by atoms with van der Waals surface area (Å²) in [5.41, 5.74) is 1.70. The summed E-state index contributed by atoms with van der Waals surface area (Å²) in [6, 6.07) is 1.81. The van der Waals surface area contributed by atoms with Gasteiger partial charge in [-0.3, -0.25) is 9.78 Å². The Morgan fingerprint density at radius 1 is 1.37 bits per heavy atom. The molecule has 7 nitrogen and oxygen atoms in total. The van der Waals surface area contributed by atoms with Crippen LogP contribution in [0.15, 0.2) is 29.1 Å². The fraction of sp³-hybridized carbons (Fsp3) is 0.550. The molecular formula is C20H24N4O3. The van der Waals surface area contributed by atoms with Gasteiger partial charge >= 0.3 is 0 Å². The summed E-state index contributed by atoms with van der Waals surface area (Å²) in [7, 11) is 0. The van der Waals surface area contributed by atoms with E-state index < -0.39 is 0 Å². The maximum absolute atomic E-state index is 12.4. The molecule has 3 aliphatic rings. The quantitative estimate of drug-likeness (QED) is 0.890. The number of nitrogens with zero attached hydrogens (tertiary/aromatic N) is 3. The molecule has 1 spiro atoms. The van der Waals surface area contributed by atoms with Crippen molar-refractivity contribution < 1.29 is 13.9 Å². The summed E-state index contributed by atoms with van der Waals surface area (Å²) < 4.78 is 11.8. The Kier molecular flexibility index (Phi) is 3.75. The maximum Gasteiger partial charge on any atom is 0.287 e. The lowest BCUT2D eigenvalue weighted by atomic mass is 9.73. The number of ether oxygens (including phenoxy) is 1. The van der Waals surface area contributed by atoms with Gasteiger partial charge in [0.15, 0.2) is 5.76 Å². The summed E-state index contributed by atoms with van der Waals surface area (Å²) in [5, 5.41) is 3.07. The second-order valence-electron chi connectivity index (χ2n) is 8.02. The zero-order valence-corrected chi connectivity index (χ0v) is 15.6. The summed E-state index contributed by atoms with van der Waals surface area (Å²) in [6.45, 7) is 6.25. The average Bonchev–Trinajstić information content (AvgIpc) is 3.40. The zero-order valence-electron chi connectivity index (χ0n) is 15.6. The molecular weight excluding hydrogens is 344 g/mol. The lowest BCUT2D eigenvalue weighted by molar-refractivity contribution is 0.0141. The predicted molar refractivity (Wildman–Crippen MR) is 98.6 cm³/mol. The molecule has 0 aliphatic carbocycles. The monoisotopic (exact) mass is 368 g/mol. The Morgan fingerprint density at radius 3 is 3.00 bits per heavy atom. The van der Waals surface area contributed by atoms with Gasteiger partial charge in [0.05, 0.1) is 23.7 Å².